The van der Waals surface area contributed by atoms with Crippen LogP contribution < -0.4 is 5.32 Å². The molecule has 0 saturated heterocycles. The quantitative estimate of drug-likeness (QED) is 0.779. The van der Waals surface area contributed by atoms with Crippen LogP contribution >= 0.6 is 0 Å². The molecule has 0 aromatic heterocycles. The molecule has 0 saturated carbocycles. The highest BCUT2D eigenvalue weighted by Crippen LogP contribution is 2.15. The molecule has 0 aliphatic rings. The Morgan fingerprint density at radius 3 is 2.57 bits per heavy atom. The molecule has 0 atom stereocenters. The van der Waals surface area contributed by atoms with Crippen molar-refractivity contribution in [3.63, 3.8) is 0 Å². The monoisotopic (exact) mass is 195 g/mol. The average molecular weight is 195 g/mol. The molecule has 2 heteroatoms. The zero-order valence-corrected chi connectivity index (χ0v) is 9.10. The number of halogens is 1. The van der Waals surface area contributed by atoms with Gasteiger partial charge in [0.2, 0.25) is 0 Å². The first-order valence-corrected chi connectivity index (χ1v) is 5.05. The molecule has 0 spiro atoms. The van der Waals surface area contributed by atoms with Gasteiger partial charge in [-0.2, -0.15) is 0 Å². The third kappa shape index (κ3) is 3.11. The van der Waals surface area contributed by atoms with Crippen LogP contribution in [0.2, 0.25) is 0 Å². The van der Waals surface area contributed by atoms with Crippen molar-refractivity contribution in [2.75, 3.05) is 7.05 Å². The number of nitrogens with one attached hydrogen (secondary N) is 1. The summed E-state index contributed by atoms with van der Waals surface area (Å²) in [5.41, 5.74) is 2.32. The Hall–Kier alpha value is -0.890. The van der Waals surface area contributed by atoms with Crippen LogP contribution in [0.25, 0.3) is 0 Å². The van der Waals surface area contributed by atoms with E-state index in [1.807, 2.05) is 13.1 Å². The molecular weight excluding hydrogens is 177 g/mol. The lowest BCUT2D eigenvalue weighted by atomic mass is 9.98. The summed E-state index contributed by atoms with van der Waals surface area (Å²) in [6, 6.07) is 5.03. The van der Waals surface area contributed by atoms with Crippen LogP contribution in [0, 0.1) is 11.7 Å². The van der Waals surface area contributed by atoms with Crippen molar-refractivity contribution in [2.24, 2.45) is 5.92 Å². The molecular formula is C12H18FN. The van der Waals surface area contributed by atoms with Gasteiger partial charge in [-0.1, -0.05) is 19.9 Å². The molecule has 1 nitrogen and oxygen atoms in total. The van der Waals surface area contributed by atoms with E-state index in [0.29, 0.717) is 5.92 Å². The van der Waals surface area contributed by atoms with Crippen molar-refractivity contribution in [3.05, 3.63) is 35.1 Å². The number of rotatable bonds is 4. The highest BCUT2D eigenvalue weighted by atomic mass is 19.1. The maximum absolute atomic E-state index is 13.0. The SMILES string of the molecule is CNCc1ccc(F)cc1CC(C)C. The predicted octanol–water partition coefficient (Wildman–Crippen LogP) is 2.74. The van der Waals surface area contributed by atoms with Crippen molar-refractivity contribution in [1.82, 2.24) is 5.32 Å². The van der Waals surface area contributed by atoms with Crippen LogP contribution in [0.3, 0.4) is 0 Å². The third-order valence-corrected chi connectivity index (χ3v) is 2.16. The van der Waals surface area contributed by atoms with Crippen molar-refractivity contribution in [3.8, 4) is 0 Å². The summed E-state index contributed by atoms with van der Waals surface area (Å²) in [4.78, 5) is 0. The second-order valence-electron chi connectivity index (χ2n) is 4.04. The van der Waals surface area contributed by atoms with Crippen LogP contribution in [-0.4, -0.2) is 7.05 Å². The third-order valence-electron chi connectivity index (χ3n) is 2.16. The molecule has 0 heterocycles. The molecule has 1 aromatic rings. The Balaban J connectivity index is 2.90. The van der Waals surface area contributed by atoms with Crippen molar-refractivity contribution >= 4 is 0 Å². The number of hydrogen-bond donors (Lipinski definition) is 1. The van der Waals surface area contributed by atoms with E-state index >= 15 is 0 Å². The summed E-state index contributed by atoms with van der Waals surface area (Å²) in [6.45, 7) is 5.10. The lowest BCUT2D eigenvalue weighted by molar-refractivity contribution is 0.607. The van der Waals surface area contributed by atoms with Gasteiger partial charge < -0.3 is 5.32 Å². The molecule has 1 rings (SSSR count). The Kier molecular flexibility index (Phi) is 4.08. The lowest BCUT2D eigenvalue weighted by Crippen LogP contribution is -2.09. The summed E-state index contributed by atoms with van der Waals surface area (Å²) in [5, 5.41) is 3.09. The largest absolute Gasteiger partial charge is 0.316 e. The van der Waals surface area contributed by atoms with Gasteiger partial charge in [-0.3, -0.25) is 0 Å². The fourth-order valence-corrected chi connectivity index (χ4v) is 1.59. The van der Waals surface area contributed by atoms with Crippen LogP contribution in [0.15, 0.2) is 18.2 Å². The number of benzene rings is 1. The molecule has 0 bridgehead atoms. The normalized spacial score (nSPS) is 10.9. The van der Waals surface area contributed by atoms with Crippen LogP contribution in [-0.2, 0) is 13.0 Å². The maximum Gasteiger partial charge on any atom is 0.123 e. The van der Waals surface area contributed by atoms with Gasteiger partial charge in [0.1, 0.15) is 5.82 Å². The van der Waals surface area contributed by atoms with Crippen LogP contribution in [0.5, 0.6) is 0 Å². The van der Waals surface area contributed by atoms with Gasteiger partial charge in [-0.15, -0.1) is 0 Å². The van der Waals surface area contributed by atoms with Gasteiger partial charge in [0.25, 0.3) is 0 Å². The van der Waals surface area contributed by atoms with E-state index in [2.05, 4.69) is 19.2 Å². The zero-order valence-electron chi connectivity index (χ0n) is 9.10. The minimum absolute atomic E-state index is 0.138. The van der Waals surface area contributed by atoms with Gasteiger partial charge in [-0.05, 0) is 42.6 Å². The molecule has 0 radical (unpaired) electrons. The second kappa shape index (κ2) is 5.11. The van der Waals surface area contributed by atoms with E-state index in [4.69, 9.17) is 0 Å². The highest BCUT2D eigenvalue weighted by molar-refractivity contribution is 5.28. The van der Waals surface area contributed by atoms with Gasteiger partial charge >= 0.3 is 0 Å². The maximum atomic E-state index is 13.0. The van der Waals surface area contributed by atoms with Gasteiger partial charge in [0, 0.05) is 6.54 Å². The molecule has 0 unspecified atom stereocenters. The lowest BCUT2D eigenvalue weighted by Gasteiger charge is -2.11. The zero-order chi connectivity index (χ0) is 10.6. The Morgan fingerprint density at radius 1 is 1.29 bits per heavy atom. The van der Waals surface area contributed by atoms with E-state index in [1.165, 1.54) is 11.6 Å². The molecule has 14 heavy (non-hydrogen) atoms. The standard InChI is InChI=1S/C12H18FN/c1-9(2)6-11-7-12(13)5-4-10(11)8-14-3/h4-5,7,9,14H,6,8H2,1-3H3. The minimum atomic E-state index is -0.138. The van der Waals surface area contributed by atoms with Gasteiger partial charge in [0.15, 0.2) is 0 Å². The van der Waals surface area contributed by atoms with Crippen molar-refractivity contribution in [2.45, 2.75) is 26.8 Å². The first-order valence-electron chi connectivity index (χ1n) is 5.05. The molecule has 78 valence electrons. The van der Waals surface area contributed by atoms with Crippen molar-refractivity contribution < 1.29 is 4.39 Å². The molecule has 0 fully saturated rings. The smallest absolute Gasteiger partial charge is 0.123 e. The van der Waals surface area contributed by atoms with Gasteiger partial charge in [-0.25, -0.2) is 4.39 Å². The Labute approximate surface area is 85.3 Å². The van der Waals surface area contributed by atoms with E-state index in [9.17, 15) is 4.39 Å². The fourth-order valence-electron chi connectivity index (χ4n) is 1.59. The minimum Gasteiger partial charge on any atom is -0.316 e. The highest BCUT2D eigenvalue weighted by Gasteiger charge is 2.05. The summed E-state index contributed by atoms with van der Waals surface area (Å²) >= 11 is 0. The topological polar surface area (TPSA) is 12.0 Å². The van der Waals surface area contributed by atoms with Gasteiger partial charge in [0.05, 0.1) is 0 Å². The van der Waals surface area contributed by atoms with Crippen LogP contribution in [0.4, 0.5) is 4.39 Å². The Bertz CT molecular complexity index is 294. The van der Waals surface area contributed by atoms with E-state index in [0.717, 1.165) is 18.5 Å². The molecule has 1 N–H and O–H groups in total. The van der Waals surface area contributed by atoms with E-state index < -0.39 is 0 Å². The first kappa shape index (κ1) is 11.2. The molecule has 0 aliphatic heterocycles. The summed E-state index contributed by atoms with van der Waals surface area (Å²) in [7, 11) is 1.91. The predicted molar refractivity (Wildman–Crippen MR) is 57.7 cm³/mol. The Morgan fingerprint density at radius 2 is 2.00 bits per heavy atom. The summed E-state index contributed by atoms with van der Waals surface area (Å²) in [6.07, 6.45) is 0.939. The number of hydrogen-bond acceptors (Lipinski definition) is 1. The van der Waals surface area contributed by atoms with Crippen LogP contribution in [0.1, 0.15) is 25.0 Å². The fraction of sp³-hybridized carbons (Fsp3) is 0.500. The average Bonchev–Trinajstić information content (AvgIpc) is 2.09. The van der Waals surface area contributed by atoms with Crippen molar-refractivity contribution in [1.29, 1.82) is 0 Å². The molecule has 1 aromatic carbocycles. The second-order valence-corrected chi connectivity index (χ2v) is 4.04. The molecule has 0 aliphatic carbocycles. The van der Waals surface area contributed by atoms with E-state index in [-0.39, 0.29) is 5.82 Å². The summed E-state index contributed by atoms with van der Waals surface area (Å²) in [5.74, 6) is 0.424. The van der Waals surface area contributed by atoms with E-state index in [1.54, 1.807) is 6.07 Å². The first-order chi connectivity index (χ1) is 6.63. The molecule has 0 amide bonds. The summed E-state index contributed by atoms with van der Waals surface area (Å²) < 4.78 is 13.0.